The summed E-state index contributed by atoms with van der Waals surface area (Å²) >= 11 is 0. The van der Waals surface area contributed by atoms with Gasteiger partial charge in [-0.05, 0) is 62.1 Å². The van der Waals surface area contributed by atoms with Crippen LogP contribution in [0.3, 0.4) is 0 Å². The Morgan fingerprint density at radius 2 is 1.82 bits per heavy atom. The molecule has 2 fully saturated rings. The first-order chi connectivity index (χ1) is 15.6. The van der Waals surface area contributed by atoms with E-state index in [1.54, 1.807) is 0 Å². The Kier molecular flexibility index (Phi) is 4.99. The fraction of sp³-hybridized carbons (Fsp3) is 0.333. The molecule has 2 aromatic rings. The maximum atomic E-state index is 12.9. The van der Waals surface area contributed by atoms with E-state index in [1.165, 1.54) is 43.5 Å². The van der Waals surface area contributed by atoms with Gasteiger partial charge in [0, 0.05) is 17.6 Å². The van der Waals surface area contributed by atoms with Crippen LogP contribution in [0.2, 0.25) is 0 Å². The molecule has 33 heavy (non-hydrogen) atoms. The number of ether oxygens (including phenoxy) is 1. The average molecular weight is 492 g/mol. The minimum absolute atomic E-state index is 0.00851. The van der Waals surface area contributed by atoms with Crippen molar-refractivity contribution in [3.63, 3.8) is 0 Å². The number of carbonyl (C=O) groups is 2. The minimum Gasteiger partial charge on any atom is -0.495 e. The Morgan fingerprint density at radius 1 is 1.09 bits per heavy atom. The van der Waals surface area contributed by atoms with Crippen LogP contribution in [-0.4, -0.2) is 52.1 Å². The van der Waals surface area contributed by atoms with Crippen molar-refractivity contribution in [3.05, 3.63) is 47.5 Å². The number of carbonyl (C=O) groups excluding carboxylic acids is 2. The molecule has 2 N–H and O–H groups in total. The first kappa shape index (κ1) is 21.9. The number of rotatable bonds is 7. The molecule has 2 aliphatic carbocycles. The molecule has 1 heterocycles. The van der Waals surface area contributed by atoms with Gasteiger partial charge in [-0.1, -0.05) is 0 Å². The van der Waals surface area contributed by atoms with Crippen LogP contribution in [0.25, 0.3) is 0 Å². The van der Waals surface area contributed by atoms with E-state index in [1.807, 2.05) is 0 Å². The van der Waals surface area contributed by atoms with Gasteiger partial charge in [0.25, 0.3) is 21.8 Å². The number of methoxy groups -OCH3 is 1. The van der Waals surface area contributed by atoms with Gasteiger partial charge in [0.2, 0.25) is 10.0 Å². The van der Waals surface area contributed by atoms with E-state index in [0.717, 1.165) is 17.1 Å². The largest absolute Gasteiger partial charge is 0.495 e. The van der Waals surface area contributed by atoms with Crippen LogP contribution in [0.5, 0.6) is 5.75 Å². The molecule has 1 aliphatic heterocycles. The van der Waals surface area contributed by atoms with E-state index in [-0.39, 0.29) is 44.4 Å². The summed E-state index contributed by atoms with van der Waals surface area (Å²) in [4.78, 5) is 25.2. The summed E-state index contributed by atoms with van der Waals surface area (Å²) in [7, 11) is -6.40. The summed E-state index contributed by atoms with van der Waals surface area (Å²) in [6, 6.07) is 7.53. The molecule has 0 radical (unpaired) electrons. The number of fused-ring (bicyclic) bond motifs is 1. The molecule has 3 aliphatic rings. The second-order valence-electron chi connectivity index (χ2n) is 8.26. The number of hydrogen-bond acceptors (Lipinski definition) is 7. The van der Waals surface area contributed by atoms with Crippen LogP contribution in [-0.2, 0) is 20.0 Å². The Bertz CT molecular complexity index is 1390. The van der Waals surface area contributed by atoms with E-state index in [9.17, 15) is 26.4 Å². The molecule has 0 spiro atoms. The maximum Gasteiger partial charge on any atom is 0.269 e. The highest BCUT2D eigenvalue weighted by Crippen LogP contribution is 2.40. The topological polar surface area (TPSA) is 139 Å². The van der Waals surface area contributed by atoms with Gasteiger partial charge in [0.15, 0.2) is 0 Å². The number of sulfonamides is 2. The van der Waals surface area contributed by atoms with Crippen molar-refractivity contribution in [2.45, 2.75) is 47.6 Å². The SMILES string of the molecule is COc1ccc(S(=O)(=O)NC2CC2)cc1NC(=O)c1ccc2c(c1)S(=O)(=O)N(C1CC1)C2=O. The standard InChI is InChI=1S/C21H21N3O7S2/c1-31-18-9-7-15(32(27,28)23-13-3-4-13)11-17(18)22-20(25)12-2-8-16-19(10-12)33(29,30)24(21(16)26)14-5-6-14/h2,7-11,13-14,23H,3-6H2,1H3,(H,22,25). The molecule has 0 aromatic heterocycles. The summed E-state index contributed by atoms with van der Waals surface area (Å²) < 4.78 is 59.5. The fourth-order valence-electron chi connectivity index (χ4n) is 3.69. The highest BCUT2D eigenvalue weighted by Gasteiger charge is 2.48. The average Bonchev–Trinajstić information content (AvgIpc) is 3.70. The van der Waals surface area contributed by atoms with Gasteiger partial charge in [-0.3, -0.25) is 9.59 Å². The Labute approximate surface area is 191 Å². The number of hydrogen-bond donors (Lipinski definition) is 2. The molecular weight excluding hydrogens is 470 g/mol. The van der Waals surface area contributed by atoms with Crippen molar-refractivity contribution >= 4 is 37.5 Å². The zero-order chi connectivity index (χ0) is 23.5. The van der Waals surface area contributed by atoms with Crippen molar-refractivity contribution in [1.82, 2.24) is 9.03 Å². The molecule has 174 valence electrons. The predicted octanol–water partition coefficient (Wildman–Crippen LogP) is 1.70. The predicted molar refractivity (Wildman–Crippen MR) is 117 cm³/mol. The van der Waals surface area contributed by atoms with Crippen molar-refractivity contribution in [3.8, 4) is 5.75 Å². The van der Waals surface area contributed by atoms with Crippen LogP contribution in [0.15, 0.2) is 46.2 Å². The number of amides is 2. The molecule has 2 aromatic carbocycles. The highest BCUT2D eigenvalue weighted by atomic mass is 32.2. The molecule has 10 nitrogen and oxygen atoms in total. The third-order valence-corrected chi connectivity index (χ3v) is 9.11. The molecule has 2 amide bonds. The van der Waals surface area contributed by atoms with Crippen molar-refractivity contribution in [1.29, 1.82) is 0 Å². The smallest absolute Gasteiger partial charge is 0.269 e. The number of benzene rings is 2. The zero-order valence-electron chi connectivity index (χ0n) is 17.6. The van der Waals surface area contributed by atoms with Crippen molar-refractivity contribution < 1.29 is 31.2 Å². The quantitative estimate of drug-likeness (QED) is 0.601. The van der Waals surface area contributed by atoms with Gasteiger partial charge >= 0.3 is 0 Å². The minimum atomic E-state index is -4.01. The zero-order valence-corrected chi connectivity index (χ0v) is 19.2. The Morgan fingerprint density at radius 3 is 2.45 bits per heavy atom. The first-order valence-corrected chi connectivity index (χ1v) is 13.3. The van der Waals surface area contributed by atoms with E-state index in [0.29, 0.717) is 12.8 Å². The molecule has 0 bridgehead atoms. The monoisotopic (exact) mass is 491 g/mol. The summed E-state index contributed by atoms with van der Waals surface area (Å²) in [5.41, 5.74) is 0.157. The summed E-state index contributed by atoms with van der Waals surface area (Å²) in [5, 5.41) is 2.59. The van der Waals surface area contributed by atoms with E-state index in [4.69, 9.17) is 4.74 Å². The number of anilines is 1. The Hall–Kier alpha value is -2.96. The van der Waals surface area contributed by atoms with Gasteiger partial charge in [-0.15, -0.1) is 0 Å². The maximum absolute atomic E-state index is 12.9. The lowest BCUT2D eigenvalue weighted by molar-refractivity contribution is 0.0864. The highest BCUT2D eigenvalue weighted by molar-refractivity contribution is 7.90. The molecule has 0 atom stereocenters. The molecule has 5 rings (SSSR count). The number of nitrogens with one attached hydrogen (secondary N) is 2. The van der Waals surface area contributed by atoms with E-state index >= 15 is 0 Å². The van der Waals surface area contributed by atoms with Crippen molar-refractivity contribution in [2.75, 3.05) is 12.4 Å². The van der Waals surface area contributed by atoms with Crippen LogP contribution in [0, 0.1) is 0 Å². The second kappa shape index (κ2) is 7.54. The lowest BCUT2D eigenvalue weighted by Crippen LogP contribution is -2.31. The van der Waals surface area contributed by atoms with Gasteiger partial charge in [-0.2, -0.15) is 0 Å². The normalized spacial score (nSPS) is 19.3. The van der Waals surface area contributed by atoms with Crippen molar-refractivity contribution in [2.24, 2.45) is 0 Å². The lowest BCUT2D eigenvalue weighted by atomic mass is 10.1. The molecular formula is C21H21N3O7S2. The summed E-state index contributed by atoms with van der Waals surface area (Å²) in [6.07, 6.45) is 2.81. The van der Waals surface area contributed by atoms with Gasteiger partial charge in [-0.25, -0.2) is 25.9 Å². The molecule has 2 saturated carbocycles. The Balaban J connectivity index is 1.44. The fourth-order valence-corrected chi connectivity index (χ4v) is 6.87. The number of nitrogens with zero attached hydrogens (tertiary/aromatic N) is 1. The molecule has 0 saturated heterocycles. The first-order valence-electron chi connectivity index (χ1n) is 10.4. The van der Waals surface area contributed by atoms with Gasteiger partial charge < -0.3 is 10.1 Å². The van der Waals surface area contributed by atoms with Crippen LogP contribution in [0.1, 0.15) is 46.4 Å². The van der Waals surface area contributed by atoms with Crippen LogP contribution in [0.4, 0.5) is 5.69 Å². The summed E-state index contributed by atoms with van der Waals surface area (Å²) in [6.45, 7) is 0. The second-order valence-corrected chi connectivity index (χ2v) is 11.8. The van der Waals surface area contributed by atoms with Crippen LogP contribution >= 0.6 is 0 Å². The van der Waals surface area contributed by atoms with Gasteiger partial charge in [0.1, 0.15) is 10.6 Å². The van der Waals surface area contributed by atoms with Crippen LogP contribution < -0.4 is 14.8 Å². The summed E-state index contributed by atoms with van der Waals surface area (Å²) in [5.74, 6) is -1.02. The third-order valence-electron chi connectivity index (χ3n) is 5.72. The van der Waals surface area contributed by atoms with Gasteiger partial charge in [0.05, 0.1) is 23.3 Å². The van der Waals surface area contributed by atoms with E-state index < -0.39 is 31.9 Å². The molecule has 0 unspecified atom stereocenters. The lowest BCUT2D eigenvalue weighted by Gasteiger charge is -2.14. The van der Waals surface area contributed by atoms with E-state index in [2.05, 4.69) is 10.0 Å². The third kappa shape index (κ3) is 3.87. The molecule has 12 heteroatoms.